The van der Waals surface area contributed by atoms with Gasteiger partial charge in [0.2, 0.25) is 5.91 Å². The Bertz CT molecular complexity index is 494. The minimum Gasteiger partial charge on any atom is -0.342 e. The van der Waals surface area contributed by atoms with Gasteiger partial charge in [0.05, 0.1) is 0 Å². The van der Waals surface area contributed by atoms with Crippen molar-refractivity contribution in [3.63, 3.8) is 0 Å². The SMILES string of the molecule is Cc1cc(Cl)ccc1CNC1CCN(C(=O)C(C)C)CC1. The molecule has 1 saturated heterocycles. The molecule has 0 atom stereocenters. The second-order valence-corrected chi connectivity index (χ2v) is 6.64. The summed E-state index contributed by atoms with van der Waals surface area (Å²) in [6.07, 6.45) is 2.07. The Kier molecular flexibility index (Phi) is 5.65. The fourth-order valence-electron chi connectivity index (χ4n) is 2.78. The van der Waals surface area contributed by atoms with E-state index in [1.54, 1.807) is 0 Å². The predicted molar refractivity (Wildman–Crippen MR) is 87.5 cm³/mol. The zero-order chi connectivity index (χ0) is 15.4. The molecular formula is C17H25ClN2O. The van der Waals surface area contributed by atoms with E-state index in [1.807, 2.05) is 30.9 Å². The van der Waals surface area contributed by atoms with Crippen molar-refractivity contribution < 1.29 is 4.79 Å². The van der Waals surface area contributed by atoms with Crippen LogP contribution in [0.4, 0.5) is 0 Å². The molecule has 116 valence electrons. The van der Waals surface area contributed by atoms with Crippen LogP contribution < -0.4 is 5.32 Å². The fourth-order valence-corrected chi connectivity index (χ4v) is 3.01. The number of carbonyl (C=O) groups excluding carboxylic acids is 1. The van der Waals surface area contributed by atoms with Gasteiger partial charge in [-0.2, -0.15) is 0 Å². The monoisotopic (exact) mass is 308 g/mol. The van der Waals surface area contributed by atoms with Crippen molar-refractivity contribution in [2.24, 2.45) is 5.92 Å². The van der Waals surface area contributed by atoms with Gasteiger partial charge in [0.1, 0.15) is 0 Å². The van der Waals surface area contributed by atoms with E-state index in [-0.39, 0.29) is 11.8 Å². The van der Waals surface area contributed by atoms with Crippen molar-refractivity contribution in [3.05, 3.63) is 34.3 Å². The van der Waals surface area contributed by atoms with Gasteiger partial charge in [-0.3, -0.25) is 4.79 Å². The Morgan fingerprint density at radius 2 is 2.05 bits per heavy atom. The van der Waals surface area contributed by atoms with E-state index in [2.05, 4.69) is 18.3 Å². The van der Waals surface area contributed by atoms with Crippen molar-refractivity contribution in [1.29, 1.82) is 0 Å². The molecule has 2 rings (SSSR count). The molecule has 3 nitrogen and oxygen atoms in total. The second-order valence-electron chi connectivity index (χ2n) is 6.21. The third-order valence-electron chi connectivity index (χ3n) is 4.19. The Labute approximate surface area is 132 Å². The average molecular weight is 309 g/mol. The van der Waals surface area contributed by atoms with Gasteiger partial charge in [0.25, 0.3) is 0 Å². The zero-order valence-corrected chi connectivity index (χ0v) is 13.9. The Morgan fingerprint density at radius 1 is 1.38 bits per heavy atom. The van der Waals surface area contributed by atoms with Gasteiger partial charge in [-0.15, -0.1) is 0 Å². The number of nitrogens with zero attached hydrogens (tertiary/aromatic N) is 1. The highest BCUT2D eigenvalue weighted by atomic mass is 35.5. The van der Waals surface area contributed by atoms with E-state index < -0.39 is 0 Å². The first-order valence-electron chi connectivity index (χ1n) is 7.74. The lowest BCUT2D eigenvalue weighted by Crippen LogP contribution is -2.46. The van der Waals surface area contributed by atoms with E-state index >= 15 is 0 Å². The summed E-state index contributed by atoms with van der Waals surface area (Å²) >= 11 is 5.98. The molecular weight excluding hydrogens is 284 g/mol. The van der Waals surface area contributed by atoms with Crippen molar-refractivity contribution in [3.8, 4) is 0 Å². The zero-order valence-electron chi connectivity index (χ0n) is 13.2. The normalized spacial score (nSPS) is 16.5. The molecule has 1 aromatic rings. The molecule has 0 spiro atoms. The maximum absolute atomic E-state index is 12.0. The summed E-state index contributed by atoms with van der Waals surface area (Å²) in [4.78, 5) is 13.9. The smallest absolute Gasteiger partial charge is 0.225 e. The van der Waals surface area contributed by atoms with Crippen LogP contribution in [0.1, 0.15) is 37.8 Å². The van der Waals surface area contributed by atoms with Crippen LogP contribution in [0.25, 0.3) is 0 Å². The largest absolute Gasteiger partial charge is 0.342 e. The lowest BCUT2D eigenvalue weighted by atomic mass is 10.0. The average Bonchev–Trinajstić information content (AvgIpc) is 2.46. The summed E-state index contributed by atoms with van der Waals surface area (Å²) in [5.74, 6) is 0.383. The molecule has 1 fully saturated rings. The van der Waals surface area contributed by atoms with Crippen LogP contribution in [0.3, 0.4) is 0 Å². The molecule has 0 aliphatic carbocycles. The molecule has 1 N–H and O–H groups in total. The van der Waals surface area contributed by atoms with Gasteiger partial charge in [-0.05, 0) is 43.0 Å². The van der Waals surface area contributed by atoms with Gasteiger partial charge in [0.15, 0.2) is 0 Å². The quantitative estimate of drug-likeness (QED) is 0.925. The molecule has 1 aliphatic rings. The van der Waals surface area contributed by atoms with Gasteiger partial charge in [-0.1, -0.05) is 31.5 Å². The fraction of sp³-hybridized carbons (Fsp3) is 0.588. The number of carbonyl (C=O) groups is 1. The molecule has 0 unspecified atom stereocenters. The first kappa shape index (κ1) is 16.3. The first-order valence-corrected chi connectivity index (χ1v) is 8.12. The highest BCUT2D eigenvalue weighted by Gasteiger charge is 2.23. The first-order chi connectivity index (χ1) is 9.97. The number of piperidine rings is 1. The Hall–Kier alpha value is -1.06. The highest BCUT2D eigenvalue weighted by molar-refractivity contribution is 6.30. The van der Waals surface area contributed by atoms with Crippen LogP contribution in [0.15, 0.2) is 18.2 Å². The highest BCUT2D eigenvalue weighted by Crippen LogP contribution is 2.17. The van der Waals surface area contributed by atoms with Crippen LogP contribution in [0.5, 0.6) is 0 Å². The Morgan fingerprint density at radius 3 is 2.62 bits per heavy atom. The maximum atomic E-state index is 12.0. The lowest BCUT2D eigenvalue weighted by Gasteiger charge is -2.33. The molecule has 0 saturated carbocycles. The van der Waals surface area contributed by atoms with Crippen LogP contribution in [0, 0.1) is 12.8 Å². The van der Waals surface area contributed by atoms with Gasteiger partial charge in [0, 0.05) is 36.6 Å². The van der Waals surface area contributed by atoms with E-state index in [1.165, 1.54) is 11.1 Å². The van der Waals surface area contributed by atoms with Crippen LogP contribution in [-0.4, -0.2) is 29.9 Å². The van der Waals surface area contributed by atoms with Crippen molar-refractivity contribution in [2.45, 2.75) is 46.2 Å². The van der Waals surface area contributed by atoms with Gasteiger partial charge in [-0.25, -0.2) is 0 Å². The topological polar surface area (TPSA) is 32.3 Å². The number of aryl methyl sites for hydroxylation is 1. The molecule has 0 bridgehead atoms. The molecule has 1 aromatic carbocycles. The number of halogens is 1. The van der Waals surface area contributed by atoms with E-state index in [4.69, 9.17) is 11.6 Å². The summed E-state index contributed by atoms with van der Waals surface area (Å²) < 4.78 is 0. The summed E-state index contributed by atoms with van der Waals surface area (Å²) in [6.45, 7) is 8.63. The summed E-state index contributed by atoms with van der Waals surface area (Å²) in [7, 11) is 0. The van der Waals surface area contributed by atoms with E-state index in [0.717, 1.165) is 37.5 Å². The van der Waals surface area contributed by atoms with Crippen molar-refractivity contribution in [2.75, 3.05) is 13.1 Å². The number of rotatable bonds is 4. The van der Waals surface area contributed by atoms with E-state index in [9.17, 15) is 4.79 Å². The molecule has 1 amide bonds. The summed E-state index contributed by atoms with van der Waals surface area (Å²) in [6, 6.07) is 6.52. The van der Waals surface area contributed by atoms with Crippen molar-refractivity contribution >= 4 is 17.5 Å². The molecule has 21 heavy (non-hydrogen) atoms. The lowest BCUT2D eigenvalue weighted by molar-refractivity contribution is -0.135. The number of likely N-dealkylation sites (tertiary alicyclic amines) is 1. The minimum absolute atomic E-state index is 0.103. The standard InChI is InChI=1S/C17H25ClN2O/c1-12(2)17(21)20-8-6-16(7-9-20)19-11-14-4-5-15(18)10-13(14)3/h4-5,10,12,16,19H,6-9,11H2,1-3H3. The molecule has 4 heteroatoms. The number of hydrogen-bond acceptors (Lipinski definition) is 2. The molecule has 1 heterocycles. The number of hydrogen-bond donors (Lipinski definition) is 1. The predicted octanol–water partition coefficient (Wildman–Crippen LogP) is 3.39. The minimum atomic E-state index is 0.103. The van der Waals surface area contributed by atoms with Crippen LogP contribution >= 0.6 is 11.6 Å². The van der Waals surface area contributed by atoms with Crippen molar-refractivity contribution in [1.82, 2.24) is 10.2 Å². The third kappa shape index (κ3) is 4.45. The third-order valence-corrected chi connectivity index (χ3v) is 4.42. The second kappa shape index (κ2) is 7.28. The van der Waals surface area contributed by atoms with E-state index in [0.29, 0.717) is 6.04 Å². The summed E-state index contributed by atoms with van der Waals surface area (Å²) in [5.41, 5.74) is 2.52. The van der Waals surface area contributed by atoms with Gasteiger partial charge < -0.3 is 10.2 Å². The Balaban J connectivity index is 1.80. The number of nitrogens with one attached hydrogen (secondary N) is 1. The maximum Gasteiger partial charge on any atom is 0.225 e. The molecule has 0 radical (unpaired) electrons. The molecule has 0 aromatic heterocycles. The number of amides is 1. The molecule has 1 aliphatic heterocycles. The number of benzene rings is 1. The van der Waals surface area contributed by atoms with Gasteiger partial charge >= 0.3 is 0 Å². The summed E-state index contributed by atoms with van der Waals surface area (Å²) in [5, 5.41) is 4.39. The van der Waals surface area contributed by atoms with Crippen LogP contribution in [0.2, 0.25) is 5.02 Å². The van der Waals surface area contributed by atoms with Crippen LogP contribution in [-0.2, 0) is 11.3 Å².